The Hall–Kier alpha value is -4.25. The van der Waals surface area contributed by atoms with Crippen LogP contribution in [0.5, 0.6) is 0 Å². The lowest BCUT2D eigenvalue weighted by atomic mass is 10.0. The molecule has 1 aromatic carbocycles. The van der Waals surface area contributed by atoms with Gasteiger partial charge >= 0.3 is 18.2 Å². The van der Waals surface area contributed by atoms with E-state index in [1.54, 1.807) is 39.0 Å². The molecule has 2 aliphatic rings. The molecule has 238 valence electrons. The van der Waals surface area contributed by atoms with E-state index in [0.717, 1.165) is 4.90 Å². The van der Waals surface area contributed by atoms with E-state index in [1.165, 1.54) is 0 Å². The number of aliphatic carboxylic acids is 1. The van der Waals surface area contributed by atoms with Crippen LogP contribution in [0.25, 0.3) is 0 Å². The molecule has 2 heterocycles. The van der Waals surface area contributed by atoms with Gasteiger partial charge in [0.1, 0.15) is 11.6 Å². The number of carboxylic acids is 1. The fourth-order valence-corrected chi connectivity index (χ4v) is 3.71. The minimum atomic E-state index is -5.08. The van der Waals surface area contributed by atoms with Crippen LogP contribution in [0, 0.1) is 0 Å². The van der Waals surface area contributed by atoms with Gasteiger partial charge in [0.15, 0.2) is 0 Å². The maximum absolute atomic E-state index is 12.9. The van der Waals surface area contributed by atoms with Crippen LogP contribution in [0.4, 0.5) is 23.7 Å². The van der Waals surface area contributed by atoms with Gasteiger partial charge in [0.05, 0.1) is 37.6 Å². The average Bonchev–Trinajstić information content (AvgIpc) is 3.13. The predicted molar refractivity (Wildman–Crippen MR) is 141 cm³/mol. The topological polar surface area (TPSA) is 190 Å². The van der Waals surface area contributed by atoms with Gasteiger partial charge in [-0.2, -0.15) is 13.2 Å². The Morgan fingerprint density at radius 1 is 0.977 bits per heavy atom. The second-order valence-corrected chi connectivity index (χ2v) is 10.1. The summed E-state index contributed by atoms with van der Waals surface area (Å²) in [5.41, 5.74) is 0.525. The van der Waals surface area contributed by atoms with Crippen LogP contribution < -0.4 is 16.0 Å². The molecule has 1 fully saturated rings. The van der Waals surface area contributed by atoms with Crippen LogP contribution in [0.15, 0.2) is 18.2 Å². The summed E-state index contributed by atoms with van der Waals surface area (Å²) in [6, 6.07) is 3.81. The fourth-order valence-electron chi connectivity index (χ4n) is 3.71. The molecular weight excluding hydrogens is 585 g/mol. The number of fused-ring (bicyclic) bond motifs is 1. The molecule has 3 rings (SSSR count). The predicted octanol–water partition coefficient (Wildman–Crippen LogP) is 1.69. The normalized spacial score (nSPS) is 16.6. The van der Waals surface area contributed by atoms with Gasteiger partial charge in [-0.25, -0.2) is 9.59 Å². The molecule has 2 aliphatic heterocycles. The first-order chi connectivity index (χ1) is 20.0. The van der Waals surface area contributed by atoms with E-state index in [2.05, 4.69) is 16.0 Å². The number of halogens is 3. The van der Waals surface area contributed by atoms with Crippen molar-refractivity contribution in [3.05, 3.63) is 29.3 Å². The first-order valence-electron chi connectivity index (χ1n) is 13.0. The highest BCUT2D eigenvalue weighted by atomic mass is 19.4. The van der Waals surface area contributed by atoms with Crippen molar-refractivity contribution in [3.63, 3.8) is 0 Å². The highest BCUT2D eigenvalue weighted by molar-refractivity contribution is 6.23. The number of amides is 5. The number of carbonyl (C=O) groups is 6. The van der Waals surface area contributed by atoms with Gasteiger partial charge in [0, 0.05) is 25.2 Å². The third kappa shape index (κ3) is 11.2. The molecule has 1 atom stereocenters. The summed E-state index contributed by atoms with van der Waals surface area (Å²) >= 11 is 0. The molecule has 1 aromatic rings. The van der Waals surface area contributed by atoms with Crippen LogP contribution in [-0.4, -0.2) is 103 Å². The molecule has 0 aliphatic carbocycles. The largest absolute Gasteiger partial charge is 0.490 e. The minimum absolute atomic E-state index is 0.0740. The number of hydrogen-bond acceptors (Lipinski definition) is 10. The number of imide groups is 2. The summed E-state index contributed by atoms with van der Waals surface area (Å²) < 4.78 is 47.7. The maximum atomic E-state index is 12.9. The second-order valence-electron chi connectivity index (χ2n) is 10.1. The molecule has 1 saturated heterocycles. The number of benzene rings is 1. The summed E-state index contributed by atoms with van der Waals surface area (Å²) in [5.74, 6) is -4.90. The van der Waals surface area contributed by atoms with Gasteiger partial charge in [0.2, 0.25) is 11.8 Å². The van der Waals surface area contributed by atoms with Gasteiger partial charge < -0.3 is 30.0 Å². The molecule has 0 aromatic heterocycles. The van der Waals surface area contributed by atoms with E-state index in [-0.39, 0.29) is 24.0 Å². The third-order valence-corrected chi connectivity index (χ3v) is 5.54. The van der Waals surface area contributed by atoms with Crippen molar-refractivity contribution in [1.82, 2.24) is 15.5 Å². The van der Waals surface area contributed by atoms with Crippen molar-refractivity contribution >= 4 is 41.4 Å². The van der Waals surface area contributed by atoms with E-state index in [4.69, 9.17) is 24.1 Å². The quantitative estimate of drug-likeness (QED) is 0.209. The molecule has 0 bridgehead atoms. The zero-order chi connectivity index (χ0) is 32.4. The Kier molecular flexibility index (Phi) is 12.4. The van der Waals surface area contributed by atoms with Gasteiger partial charge in [-0.05, 0) is 45.4 Å². The molecule has 17 heteroatoms. The fraction of sp³-hybridized carbons (Fsp3) is 0.538. The van der Waals surface area contributed by atoms with Crippen LogP contribution in [0.3, 0.4) is 0 Å². The Labute approximate surface area is 244 Å². The SMILES string of the molecule is CC(C)(C)OC(=O)NCCOCCOCCNc1ccc2c(c1)C(=O)N(C1CCC(=O)NC1=O)C2=O.O=C(O)C(F)(F)F. The summed E-state index contributed by atoms with van der Waals surface area (Å²) in [6.45, 7) is 7.60. The van der Waals surface area contributed by atoms with Crippen molar-refractivity contribution in [2.24, 2.45) is 0 Å². The van der Waals surface area contributed by atoms with Crippen LogP contribution in [0.1, 0.15) is 54.3 Å². The molecule has 14 nitrogen and oxygen atoms in total. The monoisotopic (exact) mass is 618 g/mol. The number of alkyl halides is 3. The second kappa shape index (κ2) is 15.3. The molecule has 43 heavy (non-hydrogen) atoms. The highest BCUT2D eigenvalue weighted by Gasteiger charge is 2.44. The van der Waals surface area contributed by atoms with E-state index in [1.807, 2.05) is 0 Å². The molecular formula is C26H33F3N4O10. The highest BCUT2D eigenvalue weighted by Crippen LogP contribution is 2.29. The Balaban J connectivity index is 0.000000821. The Bertz CT molecular complexity index is 1220. The maximum Gasteiger partial charge on any atom is 0.490 e. The molecule has 0 spiro atoms. The Morgan fingerprint density at radius 2 is 1.56 bits per heavy atom. The van der Waals surface area contributed by atoms with Crippen LogP contribution in [-0.2, 0) is 28.6 Å². The van der Waals surface area contributed by atoms with E-state index in [9.17, 15) is 37.1 Å². The lowest BCUT2D eigenvalue weighted by molar-refractivity contribution is -0.192. The Morgan fingerprint density at radius 3 is 2.12 bits per heavy atom. The number of carboxylic acid groups (broad SMARTS) is 1. The van der Waals surface area contributed by atoms with Crippen molar-refractivity contribution in [2.45, 2.75) is 51.4 Å². The van der Waals surface area contributed by atoms with Crippen LogP contribution in [0.2, 0.25) is 0 Å². The molecule has 5 amide bonds. The first kappa shape index (κ1) is 34.9. The number of rotatable bonds is 11. The minimum Gasteiger partial charge on any atom is -0.475 e. The average molecular weight is 619 g/mol. The lowest BCUT2D eigenvalue weighted by Crippen LogP contribution is -2.54. The summed E-state index contributed by atoms with van der Waals surface area (Å²) in [5, 5.41) is 15.0. The summed E-state index contributed by atoms with van der Waals surface area (Å²) in [6.07, 6.45) is -5.39. The van der Waals surface area contributed by atoms with Crippen molar-refractivity contribution in [3.8, 4) is 0 Å². The molecule has 1 unspecified atom stereocenters. The van der Waals surface area contributed by atoms with E-state index < -0.39 is 53.5 Å². The third-order valence-electron chi connectivity index (χ3n) is 5.54. The number of hydrogen-bond donors (Lipinski definition) is 4. The summed E-state index contributed by atoms with van der Waals surface area (Å²) in [4.78, 5) is 70.4. The van der Waals surface area contributed by atoms with Crippen molar-refractivity contribution < 1.29 is 61.3 Å². The van der Waals surface area contributed by atoms with E-state index in [0.29, 0.717) is 45.2 Å². The standard InChI is InChI=1S/C24H32N4O8.C2HF3O2/c1-24(2,3)36-23(33)26-9-11-35-13-12-34-10-8-25-15-4-5-16-17(14-15)22(32)28(21(16)31)18-6-7-19(29)27-20(18)30;3-2(4,5)1(6)7/h4-5,14,18,25H,6-13H2,1-3H3,(H,26,33)(H,27,29,30);(H,6,7). The number of nitrogens with zero attached hydrogens (tertiary/aromatic N) is 1. The number of alkyl carbamates (subject to hydrolysis) is 1. The number of nitrogens with one attached hydrogen (secondary N) is 3. The van der Waals surface area contributed by atoms with Gasteiger partial charge in [-0.15, -0.1) is 0 Å². The number of ether oxygens (including phenoxy) is 3. The molecule has 4 N–H and O–H groups in total. The van der Waals surface area contributed by atoms with Crippen molar-refractivity contribution in [1.29, 1.82) is 0 Å². The molecule has 0 radical (unpaired) electrons. The number of carbonyl (C=O) groups excluding carboxylic acids is 5. The lowest BCUT2D eigenvalue weighted by Gasteiger charge is -2.27. The number of anilines is 1. The first-order valence-corrected chi connectivity index (χ1v) is 13.0. The number of piperidine rings is 1. The zero-order valence-electron chi connectivity index (χ0n) is 23.7. The summed E-state index contributed by atoms with van der Waals surface area (Å²) in [7, 11) is 0. The molecule has 0 saturated carbocycles. The van der Waals surface area contributed by atoms with Gasteiger partial charge in [-0.1, -0.05) is 0 Å². The van der Waals surface area contributed by atoms with Crippen molar-refractivity contribution in [2.75, 3.05) is 44.8 Å². The smallest absolute Gasteiger partial charge is 0.475 e. The van der Waals surface area contributed by atoms with E-state index >= 15 is 0 Å². The van der Waals surface area contributed by atoms with Gasteiger partial charge in [0.25, 0.3) is 11.8 Å². The van der Waals surface area contributed by atoms with Gasteiger partial charge in [-0.3, -0.25) is 29.4 Å². The van der Waals surface area contributed by atoms with Crippen LogP contribution >= 0.6 is 0 Å². The zero-order valence-corrected chi connectivity index (χ0v) is 23.7.